The first-order chi connectivity index (χ1) is 5.07. The Morgan fingerprint density at radius 1 is 1.45 bits per heavy atom. The molecule has 0 radical (unpaired) electrons. The molecular formula is C8H16N2O. The molecule has 0 aliphatic carbocycles. The standard InChI is InChI=1S/C8H16N2O/c1-7(2)8(9-6-11)5-10(3)4/h7-8H,5H2,1-4H3. The molecule has 0 N–H and O–H groups in total. The number of nitrogens with zero attached hydrogens (tertiary/aromatic N) is 2. The third-order valence-electron chi connectivity index (χ3n) is 1.54. The Morgan fingerprint density at radius 3 is 2.27 bits per heavy atom. The van der Waals surface area contributed by atoms with Gasteiger partial charge in [-0.2, -0.15) is 0 Å². The first-order valence-corrected chi connectivity index (χ1v) is 3.79. The molecule has 0 amide bonds. The molecule has 11 heavy (non-hydrogen) atoms. The fourth-order valence-corrected chi connectivity index (χ4v) is 0.843. The molecule has 0 spiro atoms. The molecule has 64 valence electrons. The van der Waals surface area contributed by atoms with Crippen molar-refractivity contribution >= 4 is 6.08 Å². The van der Waals surface area contributed by atoms with Crippen LogP contribution >= 0.6 is 0 Å². The van der Waals surface area contributed by atoms with Crippen molar-refractivity contribution in [2.75, 3.05) is 20.6 Å². The summed E-state index contributed by atoms with van der Waals surface area (Å²) in [4.78, 5) is 15.7. The van der Waals surface area contributed by atoms with E-state index >= 15 is 0 Å². The highest BCUT2D eigenvalue weighted by atomic mass is 16.1. The predicted molar refractivity (Wildman–Crippen MR) is 45.3 cm³/mol. The fourth-order valence-electron chi connectivity index (χ4n) is 0.843. The lowest BCUT2D eigenvalue weighted by molar-refractivity contribution is 0.331. The molecule has 1 atom stereocenters. The van der Waals surface area contributed by atoms with Crippen molar-refractivity contribution in [1.82, 2.24) is 4.90 Å². The summed E-state index contributed by atoms with van der Waals surface area (Å²) < 4.78 is 0. The summed E-state index contributed by atoms with van der Waals surface area (Å²) in [6.07, 6.45) is 1.60. The molecular weight excluding hydrogens is 140 g/mol. The van der Waals surface area contributed by atoms with Gasteiger partial charge in [0.05, 0.1) is 6.04 Å². The summed E-state index contributed by atoms with van der Waals surface area (Å²) in [5.41, 5.74) is 0. The number of rotatable bonds is 4. The zero-order chi connectivity index (χ0) is 8.85. The number of carbonyl (C=O) groups excluding carboxylic acids is 1. The minimum atomic E-state index is 0.0856. The average molecular weight is 156 g/mol. The van der Waals surface area contributed by atoms with Crippen molar-refractivity contribution in [1.29, 1.82) is 0 Å². The second-order valence-corrected chi connectivity index (χ2v) is 3.29. The van der Waals surface area contributed by atoms with Gasteiger partial charge >= 0.3 is 0 Å². The van der Waals surface area contributed by atoms with Crippen molar-refractivity contribution in [3.63, 3.8) is 0 Å². The maximum absolute atomic E-state index is 9.99. The summed E-state index contributed by atoms with van der Waals surface area (Å²) in [5.74, 6) is 0.402. The minimum absolute atomic E-state index is 0.0856. The van der Waals surface area contributed by atoms with Crippen molar-refractivity contribution in [3.8, 4) is 0 Å². The van der Waals surface area contributed by atoms with E-state index in [4.69, 9.17) is 0 Å². The maximum Gasteiger partial charge on any atom is 0.235 e. The maximum atomic E-state index is 9.99. The van der Waals surface area contributed by atoms with Gasteiger partial charge in [-0.1, -0.05) is 13.8 Å². The molecule has 0 aromatic heterocycles. The Morgan fingerprint density at radius 2 is 2.00 bits per heavy atom. The van der Waals surface area contributed by atoms with Gasteiger partial charge < -0.3 is 4.90 Å². The molecule has 0 fully saturated rings. The monoisotopic (exact) mass is 156 g/mol. The Labute approximate surface area is 68.1 Å². The Hall–Kier alpha value is -0.660. The van der Waals surface area contributed by atoms with Crippen LogP contribution in [0.3, 0.4) is 0 Å². The molecule has 0 aliphatic heterocycles. The third kappa shape index (κ3) is 4.71. The van der Waals surface area contributed by atoms with Gasteiger partial charge in [-0.3, -0.25) is 0 Å². The second kappa shape index (κ2) is 5.05. The Kier molecular flexibility index (Phi) is 4.75. The summed E-state index contributed by atoms with van der Waals surface area (Å²) in [7, 11) is 3.94. The van der Waals surface area contributed by atoms with Gasteiger partial charge in [0.25, 0.3) is 0 Å². The van der Waals surface area contributed by atoms with Crippen LogP contribution in [0, 0.1) is 5.92 Å². The van der Waals surface area contributed by atoms with E-state index in [1.165, 1.54) is 0 Å². The van der Waals surface area contributed by atoms with E-state index in [0.717, 1.165) is 6.54 Å². The van der Waals surface area contributed by atoms with Crippen LogP contribution in [0.25, 0.3) is 0 Å². The quantitative estimate of drug-likeness (QED) is 0.447. The molecule has 0 heterocycles. The van der Waals surface area contributed by atoms with Gasteiger partial charge in [-0.15, -0.1) is 0 Å². The average Bonchev–Trinajstić information content (AvgIpc) is 1.86. The number of isocyanates is 1. The highest BCUT2D eigenvalue weighted by Gasteiger charge is 2.11. The highest BCUT2D eigenvalue weighted by molar-refractivity contribution is 5.33. The Bertz CT molecular complexity index is 148. The third-order valence-corrected chi connectivity index (χ3v) is 1.54. The van der Waals surface area contributed by atoms with Gasteiger partial charge in [-0.25, -0.2) is 9.79 Å². The number of hydrogen-bond acceptors (Lipinski definition) is 3. The summed E-state index contributed by atoms with van der Waals surface area (Å²) in [6.45, 7) is 4.91. The highest BCUT2D eigenvalue weighted by Crippen LogP contribution is 2.05. The van der Waals surface area contributed by atoms with Gasteiger partial charge in [0.1, 0.15) is 0 Å². The topological polar surface area (TPSA) is 32.7 Å². The normalized spacial score (nSPS) is 13.3. The molecule has 3 nitrogen and oxygen atoms in total. The predicted octanol–water partition coefficient (Wildman–Crippen LogP) is 0.908. The molecule has 0 saturated heterocycles. The molecule has 1 unspecified atom stereocenters. The zero-order valence-electron chi connectivity index (χ0n) is 7.66. The molecule has 0 aromatic rings. The van der Waals surface area contributed by atoms with Crippen LogP contribution in [0.1, 0.15) is 13.8 Å². The van der Waals surface area contributed by atoms with E-state index in [9.17, 15) is 4.79 Å². The van der Waals surface area contributed by atoms with Crippen LogP contribution in [0.5, 0.6) is 0 Å². The van der Waals surface area contributed by atoms with Crippen molar-refractivity contribution in [3.05, 3.63) is 0 Å². The number of aliphatic imine (C=N–C) groups is 1. The van der Waals surface area contributed by atoms with Crippen molar-refractivity contribution in [2.24, 2.45) is 10.9 Å². The van der Waals surface area contributed by atoms with Crippen LogP contribution in [0.2, 0.25) is 0 Å². The summed E-state index contributed by atoms with van der Waals surface area (Å²) >= 11 is 0. The first-order valence-electron chi connectivity index (χ1n) is 3.79. The fraction of sp³-hybridized carbons (Fsp3) is 0.875. The van der Waals surface area contributed by atoms with Crippen molar-refractivity contribution in [2.45, 2.75) is 19.9 Å². The van der Waals surface area contributed by atoms with Crippen LogP contribution in [0.15, 0.2) is 4.99 Å². The van der Waals surface area contributed by atoms with E-state index < -0.39 is 0 Å². The summed E-state index contributed by atoms with van der Waals surface area (Å²) in [5, 5.41) is 0. The van der Waals surface area contributed by atoms with Crippen LogP contribution in [0.4, 0.5) is 0 Å². The first kappa shape index (κ1) is 10.3. The SMILES string of the molecule is CC(C)C(CN(C)C)N=C=O. The molecule has 0 bridgehead atoms. The molecule has 0 aliphatic rings. The van der Waals surface area contributed by atoms with Gasteiger partial charge in [0.15, 0.2) is 0 Å². The largest absolute Gasteiger partial charge is 0.307 e. The minimum Gasteiger partial charge on any atom is -0.307 e. The van der Waals surface area contributed by atoms with Gasteiger partial charge in [0.2, 0.25) is 6.08 Å². The van der Waals surface area contributed by atoms with E-state index in [1.807, 2.05) is 19.0 Å². The van der Waals surface area contributed by atoms with E-state index in [0.29, 0.717) is 5.92 Å². The van der Waals surface area contributed by atoms with Crippen molar-refractivity contribution < 1.29 is 4.79 Å². The van der Waals surface area contributed by atoms with Gasteiger partial charge in [0, 0.05) is 6.54 Å². The molecule has 3 heteroatoms. The smallest absolute Gasteiger partial charge is 0.235 e. The lowest BCUT2D eigenvalue weighted by Gasteiger charge is -2.18. The molecule has 0 saturated carbocycles. The Balaban J connectivity index is 4.00. The van der Waals surface area contributed by atoms with E-state index in [2.05, 4.69) is 18.8 Å². The molecule has 0 aromatic carbocycles. The lowest BCUT2D eigenvalue weighted by atomic mass is 10.1. The molecule has 0 rings (SSSR count). The lowest BCUT2D eigenvalue weighted by Crippen LogP contribution is -2.28. The second-order valence-electron chi connectivity index (χ2n) is 3.29. The zero-order valence-corrected chi connectivity index (χ0v) is 7.66. The van der Waals surface area contributed by atoms with Crippen LogP contribution < -0.4 is 0 Å². The summed E-state index contributed by atoms with van der Waals surface area (Å²) in [6, 6.07) is 0.0856. The van der Waals surface area contributed by atoms with Crippen LogP contribution in [-0.2, 0) is 4.79 Å². The van der Waals surface area contributed by atoms with E-state index in [1.54, 1.807) is 6.08 Å². The number of hydrogen-bond donors (Lipinski definition) is 0. The van der Waals surface area contributed by atoms with Crippen LogP contribution in [-0.4, -0.2) is 37.7 Å². The number of likely N-dealkylation sites (N-methyl/N-ethyl adjacent to an activating group) is 1. The van der Waals surface area contributed by atoms with Gasteiger partial charge in [-0.05, 0) is 20.0 Å². The van der Waals surface area contributed by atoms with E-state index in [-0.39, 0.29) is 6.04 Å².